The minimum Gasteiger partial charge on any atom is -0.497 e. The second kappa shape index (κ2) is 7.70. The standard InChI is InChI=1S/C14H17N3O3S/c1-3-20-16-13(18)10-21-14-15-7-8-17(14)11-5-4-6-12(9-11)19-2/h4-9H,3,10H2,1-2H3,(H,16,18). The minimum atomic E-state index is -0.193. The number of rotatable bonds is 7. The van der Waals surface area contributed by atoms with E-state index in [0.29, 0.717) is 6.61 Å². The molecule has 1 heterocycles. The van der Waals surface area contributed by atoms with E-state index in [1.54, 1.807) is 13.3 Å². The number of aromatic nitrogens is 2. The molecule has 0 bridgehead atoms. The van der Waals surface area contributed by atoms with Crippen LogP contribution in [0.4, 0.5) is 0 Å². The van der Waals surface area contributed by atoms with Crippen molar-refractivity contribution in [1.29, 1.82) is 0 Å². The van der Waals surface area contributed by atoms with Gasteiger partial charge in [0.1, 0.15) is 5.75 Å². The third kappa shape index (κ3) is 4.24. The maximum atomic E-state index is 11.5. The quantitative estimate of drug-likeness (QED) is 0.626. The Labute approximate surface area is 127 Å². The summed E-state index contributed by atoms with van der Waals surface area (Å²) in [6.07, 6.45) is 3.54. The summed E-state index contributed by atoms with van der Waals surface area (Å²) in [6, 6.07) is 7.65. The molecule has 0 aliphatic carbocycles. The highest BCUT2D eigenvalue weighted by atomic mass is 32.2. The molecule has 2 rings (SSSR count). The van der Waals surface area contributed by atoms with Crippen molar-refractivity contribution >= 4 is 17.7 Å². The molecule has 112 valence electrons. The second-order valence-corrected chi connectivity index (χ2v) is 4.97. The van der Waals surface area contributed by atoms with Gasteiger partial charge in [0.05, 0.1) is 25.2 Å². The molecular weight excluding hydrogens is 290 g/mol. The van der Waals surface area contributed by atoms with Gasteiger partial charge in [-0.25, -0.2) is 10.5 Å². The molecule has 1 amide bonds. The van der Waals surface area contributed by atoms with Gasteiger partial charge in [0.2, 0.25) is 0 Å². The smallest absolute Gasteiger partial charge is 0.254 e. The number of imidazole rings is 1. The van der Waals surface area contributed by atoms with Gasteiger partial charge in [-0.15, -0.1) is 0 Å². The number of hydroxylamine groups is 1. The van der Waals surface area contributed by atoms with Crippen LogP contribution in [0, 0.1) is 0 Å². The van der Waals surface area contributed by atoms with E-state index in [1.165, 1.54) is 11.8 Å². The van der Waals surface area contributed by atoms with Crippen molar-refractivity contribution in [2.45, 2.75) is 12.1 Å². The lowest BCUT2D eigenvalue weighted by Gasteiger charge is -2.09. The van der Waals surface area contributed by atoms with Crippen LogP contribution in [0.2, 0.25) is 0 Å². The van der Waals surface area contributed by atoms with Gasteiger partial charge in [-0.1, -0.05) is 17.8 Å². The van der Waals surface area contributed by atoms with Gasteiger partial charge < -0.3 is 4.74 Å². The van der Waals surface area contributed by atoms with Gasteiger partial charge in [0.15, 0.2) is 5.16 Å². The summed E-state index contributed by atoms with van der Waals surface area (Å²) in [6.45, 7) is 2.25. The maximum absolute atomic E-state index is 11.5. The minimum absolute atomic E-state index is 0.193. The van der Waals surface area contributed by atoms with E-state index in [1.807, 2.05) is 42.0 Å². The first-order valence-electron chi connectivity index (χ1n) is 6.45. The lowest BCUT2D eigenvalue weighted by Crippen LogP contribution is -2.25. The SMILES string of the molecule is CCONC(=O)CSc1nccn1-c1cccc(OC)c1. The number of hydrogen-bond acceptors (Lipinski definition) is 5. The zero-order valence-electron chi connectivity index (χ0n) is 11.9. The topological polar surface area (TPSA) is 65.4 Å². The van der Waals surface area contributed by atoms with E-state index in [9.17, 15) is 4.79 Å². The average Bonchev–Trinajstić information content (AvgIpc) is 2.99. The first-order chi connectivity index (χ1) is 10.2. The molecule has 0 spiro atoms. The number of carbonyl (C=O) groups is 1. The number of benzene rings is 1. The molecule has 21 heavy (non-hydrogen) atoms. The Hall–Kier alpha value is -1.99. The third-order valence-electron chi connectivity index (χ3n) is 2.60. The summed E-state index contributed by atoms with van der Waals surface area (Å²) < 4.78 is 7.12. The van der Waals surface area contributed by atoms with E-state index < -0.39 is 0 Å². The summed E-state index contributed by atoms with van der Waals surface area (Å²) >= 11 is 1.34. The van der Waals surface area contributed by atoms with Crippen LogP contribution in [-0.2, 0) is 9.63 Å². The number of amides is 1. The molecule has 0 aliphatic rings. The molecule has 0 radical (unpaired) electrons. The summed E-state index contributed by atoms with van der Waals surface area (Å²) in [4.78, 5) is 20.6. The Kier molecular flexibility index (Phi) is 5.65. The highest BCUT2D eigenvalue weighted by Crippen LogP contribution is 2.22. The fourth-order valence-corrected chi connectivity index (χ4v) is 2.43. The molecule has 0 unspecified atom stereocenters. The number of carbonyl (C=O) groups excluding carboxylic acids is 1. The van der Waals surface area contributed by atoms with Crippen LogP contribution in [0.15, 0.2) is 41.8 Å². The molecule has 1 N–H and O–H groups in total. The van der Waals surface area contributed by atoms with Crippen LogP contribution in [0.25, 0.3) is 5.69 Å². The summed E-state index contributed by atoms with van der Waals surface area (Å²) in [5, 5.41) is 0.731. The van der Waals surface area contributed by atoms with Crippen molar-refractivity contribution in [2.24, 2.45) is 0 Å². The van der Waals surface area contributed by atoms with Gasteiger partial charge >= 0.3 is 0 Å². The van der Waals surface area contributed by atoms with E-state index in [0.717, 1.165) is 16.6 Å². The van der Waals surface area contributed by atoms with Gasteiger partial charge in [-0.3, -0.25) is 14.2 Å². The molecule has 1 aromatic heterocycles. The predicted molar refractivity (Wildman–Crippen MR) is 80.6 cm³/mol. The first kappa shape index (κ1) is 15.4. The number of methoxy groups -OCH3 is 1. The fraction of sp³-hybridized carbons (Fsp3) is 0.286. The first-order valence-corrected chi connectivity index (χ1v) is 7.44. The van der Waals surface area contributed by atoms with E-state index in [4.69, 9.17) is 9.57 Å². The molecule has 6 nitrogen and oxygen atoms in total. The van der Waals surface area contributed by atoms with E-state index >= 15 is 0 Å². The molecular formula is C14H17N3O3S. The molecule has 2 aromatic rings. The number of hydrogen-bond donors (Lipinski definition) is 1. The number of ether oxygens (including phenoxy) is 1. The Morgan fingerprint density at radius 1 is 1.48 bits per heavy atom. The fourth-order valence-electron chi connectivity index (χ4n) is 1.67. The van der Waals surface area contributed by atoms with Crippen molar-refractivity contribution in [3.05, 3.63) is 36.7 Å². The van der Waals surface area contributed by atoms with Crippen LogP contribution >= 0.6 is 11.8 Å². The monoisotopic (exact) mass is 307 g/mol. The second-order valence-electron chi connectivity index (χ2n) is 4.03. The number of thioether (sulfide) groups is 1. The normalized spacial score (nSPS) is 10.4. The van der Waals surface area contributed by atoms with Crippen molar-refractivity contribution in [1.82, 2.24) is 15.0 Å². The summed E-state index contributed by atoms with van der Waals surface area (Å²) in [5.41, 5.74) is 3.29. The summed E-state index contributed by atoms with van der Waals surface area (Å²) in [7, 11) is 1.63. The molecule has 0 fully saturated rings. The Morgan fingerprint density at radius 2 is 2.33 bits per heavy atom. The molecule has 0 atom stereocenters. The van der Waals surface area contributed by atoms with Crippen molar-refractivity contribution in [3.8, 4) is 11.4 Å². The Morgan fingerprint density at radius 3 is 3.10 bits per heavy atom. The Bertz CT molecular complexity index is 601. The van der Waals surface area contributed by atoms with Crippen LogP contribution < -0.4 is 10.2 Å². The molecule has 1 aromatic carbocycles. The summed E-state index contributed by atoms with van der Waals surface area (Å²) in [5.74, 6) is 0.814. The highest BCUT2D eigenvalue weighted by molar-refractivity contribution is 7.99. The molecule has 7 heteroatoms. The van der Waals surface area contributed by atoms with Crippen LogP contribution in [0.3, 0.4) is 0 Å². The van der Waals surface area contributed by atoms with Gasteiger partial charge in [-0.05, 0) is 19.1 Å². The zero-order chi connectivity index (χ0) is 15.1. The van der Waals surface area contributed by atoms with Crippen LogP contribution in [-0.4, -0.2) is 34.9 Å². The molecule has 0 saturated carbocycles. The number of nitrogens with one attached hydrogen (secondary N) is 1. The third-order valence-corrected chi connectivity index (χ3v) is 3.57. The van der Waals surface area contributed by atoms with Gasteiger partial charge in [0, 0.05) is 18.5 Å². The number of nitrogens with zero attached hydrogens (tertiary/aromatic N) is 2. The molecule has 0 aliphatic heterocycles. The lowest BCUT2D eigenvalue weighted by atomic mass is 10.3. The maximum Gasteiger partial charge on any atom is 0.254 e. The predicted octanol–water partition coefficient (Wildman–Crippen LogP) is 2.04. The largest absolute Gasteiger partial charge is 0.497 e. The van der Waals surface area contributed by atoms with Crippen LogP contribution in [0.1, 0.15) is 6.92 Å². The average molecular weight is 307 g/mol. The van der Waals surface area contributed by atoms with E-state index in [2.05, 4.69) is 10.5 Å². The van der Waals surface area contributed by atoms with E-state index in [-0.39, 0.29) is 11.7 Å². The molecule has 0 saturated heterocycles. The van der Waals surface area contributed by atoms with Crippen molar-refractivity contribution in [3.63, 3.8) is 0 Å². The van der Waals surface area contributed by atoms with Gasteiger partial charge in [0.25, 0.3) is 5.91 Å². The van der Waals surface area contributed by atoms with Crippen molar-refractivity contribution in [2.75, 3.05) is 19.5 Å². The zero-order valence-corrected chi connectivity index (χ0v) is 12.7. The van der Waals surface area contributed by atoms with Crippen molar-refractivity contribution < 1.29 is 14.4 Å². The lowest BCUT2D eigenvalue weighted by molar-refractivity contribution is -0.130. The van der Waals surface area contributed by atoms with Crippen LogP contribution in [0.5, 0.6) is 5.75 Å². The Balaban J connectivity index is 2.06. The van der Waals surface area contributed by atoms with Gasteiger partial charge in [-0.2, -0.15) is 0 Å². The highest BCUT2D eigenvalue weighted by Gasteiger charge is 2.09.